The van der Waals surface area contributed by atoms with Crippen molar-refractivity contribution in [1.29, 1.82) is 0 Å². The monoisotopic (exact) mass is 373 g/mol. The van der Waals surface area contributed by atoms with Gasteiger partial charge in [-0.2, -0.15) is 0 Å². The number of hydrogen-bond donors (Lipinski definition) is 3. The molecule has 8 heteroatoms. The van der Waals surface area contributed by atoms with Crippen molar-refractivity contribution < 1.29 is 4.79 Å². The SMILES string of the molecule is CC(C)Cn1c(=O)[nH]c(=O)c2c(C(=O)NCCCCN)cc(C3CC3)nc21. The van der Waals surface area contributed by atoms with E-state index >= 15 is 0 Å². The molecule has 0 spiro atoms. The van der Waals surface area contributed by atoms with Crippen LogP contribution in [0, 0.1) is 5.92 Å². The number of rotatable bonds is 8. The number of H-pyrrole nitrogens is 1. The van der Waals surface area contributed by atoms with E-state index in [1.807, 2.05) is 13.8 Å². The first-order valence-corrected chi connectivity index (χ1v) is 9.58. The van der Waals surface area contributed by atoms with Crippen LogP contribution in [0.25, 0.3) is 11.0 Å². The molecule has 0 bridgehead atoms. The lowest BCUT2D eigenvalue weighted by atomic mass is 10.1. The summed E-state index contributed by atoms with van der Waals surface area (Å²) in [7, 11) is 0. The van der Waals surface area contributed by atoms with Gasteiger partial charge in [0.15, 0.2) is 5.65 Å². The average molecular weight is 373 g/mol. The van der Waals surface area contributed by atoms with Crippen LogP contribution in [0.5, 0.6) is 0 Å². The maximum absolute atomic E-state index is 12.8. The maximum Gasteiger partial charge on any atom is 0.330 e. The Morgan fingerprint density at radius 3 is 2.74 bits per heavy atom. The van der Waals surface area contributed by atoms with Gasteiger partial charge in [0.25, 0.3) is 11.5 Å². The summed E-state index contributed by atoms with van der Waals surface area (Å²) in [4.78, 5) is 44.6. The molecule has 3 rings (SSSR count). The Bertz CT molecular complexity index is 956. The Labute approximate surface area is 157 Å². The topological polar surface area (TPSA) is 123 Å². The van der Waals surface area contributed by atoms with Crippen LogP contribution in [0.4, 0.5) is 0 Å². The number of nitrogens with one attached hydrogen (secondary N) is 2. The van der Waals surface area contributed by atoms with Crippen LogP contribution in [-0.4, -0.2) is 33.5 Å². The summed E-state index contributed by atoms with van der Waals surface area (Å²) in [5, 5.41) is 3.03. The van der Waals surface area contributed by atoms with Crippen molar-refractivity contribution in [3.63, 3.8) is 0 Å². The number of nitrogens with zero attached hydrogens (tertiary/aromatic N) is 2. The van der Waals surface area contributed by atoms with Crippen LogP contribution in [0.3, 0.4) is 0 Å². The number of aromatic amines is 1. The first-order chi connectivity index (χ1) is 12.9. The Morgan fingerprint density at radius 2 is 2.11 bits per heavy atom. The summed E-state index contributed by atoms with van der Waals surface area (Å²) in [6, 6.07) is 1.71. The minimum atomic E-state index is -0.572. The van der Waals surface area contributed by atoms with Gasteiger partial charge in [-0.05, 0) is 44.2 Å². The second-order valence-electron chi connectivity index (χ2n) is 7.58. The van der Waals surface area contributed by atoms with Gasteiger partial charge in [0, 0.05) is 24.7 Å². The number of nitrogens with two attached hydrogens (primary N) is 1. The predicted molar refractivity (Wildman–Crippen MR) is 104 cm³/mol. The van der Waals surface area contributed by atoms with E-state index in [0.29, 0.717) is 31.2 Å². The van der Waals surface area contributed by atoms with E-state index in [-0.39, 0.29) is 22.8 Å². The zero-order chi connectivity index (χ0) is 19.6. The van der Waals surface area contributed by atoms with Gasteiger partial charge >= 0.3 is 5.69 Å². The molecule has 1 amide bonds. The lowest BCUT2D eigenvalue weighted by Gasteiger charge is -2.14. The van der Waals surface area contributed by atoms with Crippen molar-refractivity contribution >= 4 is 16.9 Å². The summed E-state index contributed by atoms with van der Waals surface area (Å²) < 4.78 is 1.47. The highest BCUT2D eigenvalue weighted by molar-refractivity contribution is 6.05. The Hall–Kier alpha value is -2.48. The third-order valence-corrected chi connectivity index (χ3v) is 4.67. The van der Waals surface area contributed by atoms with E-state index in [0.717, 1.165) is 31.4 Å². The summed E-state index contributed by atoms with van der Waals surface area (Å²) >= 11 is 0. The fourth-order valence-corrected chi connectivity index (χ4v) is 3.16. The van der Waals surface area contributed by atoms with E-state index in [1.54, 1.807) is 6.07 Å². The summed E-state index contributed by atoms with van der Waals surface area (Å²) in [5.41, 5.74) is 5.78. The number of fused-ring (bicyclic) bond motifs is 1. The standard InChI is InChI=1S/C19H27N5O3/c1-11(2)10-24-16-15(18(26)23-19(24)27)13(9-14(22-16)12-5-6-12)17(25)21-8-4-3-7-20/h9,11-12H,3-8,10,20H2,1-2H3,(H,21,25)(H,23,26,27). The molecule has 0 radical (unpaired) electrons. The number of carbonyl (C=O) groups is 1. The maximum atomic E-state index is 12.8. The van der Waals surface area contributed by atoms with Gasteiger partial charge in [-0.3, -0.25) is 19.1 Å². The average Bonchev–Trinajstić information content (AvgIpc) is 3.46. The zero-order valence-corrected chi connectivity index (χ0v) is 15.9. The van der Waals surface area contributed by atoms with Crippen molar-refractivity contribution in [3.8, 4) is 0 Å². The lowest BCUT2D eigenvalue weighted by molar-refractivity contribution is 0.0954. The highest BCUT2D eigenvalue weighted by Gasteiger charge is 2.28. The first-order valence-electron chi connectivity index (χ1n) is 9.58. The van der Waals surface area contributed by atoms with Crippen molar-refractivity contribution in [1.82, 2.24) is 19.9 Å². The molecule has 0 saturated heterocycles. The van der Waals surface area contributed by atoms with Gasteiger partial charge in [0.1, 0.15) is 0 Å². The normalized spacial score (nSPS) is 14.1. The summed E-state index contributed by atoms with van der Waals surface area (Å²) in [6.07, 6.45) is 3.61. The smallest absolute Gasteiger partial charge is 0.330 e. The molecule has 8 nitrogen and oxygen atoms in total. The molecule has 1 fully saturated rings. The van der Waals surface area contributed by atoms with Gasteiger partial charge in [0.05, 0.1) is 10.9 Å². The van der Waals surface area contributed by atoms with Gasteiger partial charge in [-0.15, -0.1) is 0 Å². The number of amides is 1. The molecule has 0 aliphatic heterocycles. The molecular formula is C19H27N5O3. The number of pyridine rings is 1. The molecule has 27 heavy (non-hydrogen) atoms. The Kier molecular flexibility index (Phi) is 5.74. The van der Waals surface area contributed by atoms with Crippen LogP contribution in [0.15, 0.2) is 15.7 Å². The van der Waals surface area contributed by atoms with E-state index in [1.165, 1.54) is 4.57 Å². The van der Waals surface area contributed by atoms with Gasteiger partial charge in [-0.1, -0.05) is 13.8 Å². The minimum absolute atomic E-state index is 0.177. The zero-order valence-electron chi connectivity index (χ0n) is 15.9. The number of hydrogen-bond acceptors (Lipinski definition) is 5. The van der Waals surface area contributed by atoms with Crippen molar-refractivity contribution in [2.45, 2.75) is 52.0 Å². The van der Waals surface area contributed by atoms with Crippen molar-refractivity contribution in [2.24, 2.45) is 11.7 Å². The fraction of sp³-hybridized carbons (Fsp3) is 0.579. The molecule has 1 saturated carbocycles. The van der Waals surface area contributed by atoms with Crippen molar-refractivity contribution in [3.05, 3.63) is 38.2 Å². The molecule has 0 atom stereocenters. The Balaban J connectivity index is 2.12. The predicted octanol–water partition coefficient (Wildman–Crippen LogP) is 1.09. The van der Waals surface area contributed by atoms with Gasteiger partial charge in [0.2, 0.25) is 0 Å². The summed E-state index contributed by atoms with van der Waals surface area (Å²) in [5.74, 6) is 0.165. The third-order valence-electron chi connectivity index (χ3n) is 4.67. The molecule has 0 unspecified atom stereocenters. The van der Waals surface area contributed by atoms with E-state index in [2.05, 4.69) is 15.3 Å². The van der Waals surface area contributed by atoms with E-state index in [4.69, 9.17) is 5.73 Å². The van der Waals surface area contributed by atoms with E-state index < -0.39 is 11.2 Å². The second-order valence-corrected chi connectivity index (χ2v) is 7.58. The van der Waals surface area contributed by atoms with Crippen LogP contribution in [-0.2, 0) is 6.54 Å². The quantitative estimate of drug-likeness (QED) is 0.598. The molecule has 2 aromatic rings. The number of carbonyl (C=O) groups excluding carboxylic acids is 1. The van der Waals surface area contributed by atoms with E-state index in [9.17, 15) is 14.4 Å². The molecule has 1 aliphatic rings. The molecule has 1 aliphatic carbocycles. The molecule has 146 valence electrons. The highest BCUT2D eigenvalue weighted by atomic mass is 16.2. The highest BCUT2D eigenvalue weighted by Crippen LogP contribution is 2.39. The lowest BCUT2D eigenvalue weighted by Crippen LogP contribution is -2.34. The molecule has 4 N–H and O–H groups in total. The molecule has 0 aromatic carbocycles. The van der Waals surface area contributed by atoms with Gasteiger partial charge < -0.3 is 11.1 Å². The first kappa shape index (κ1) is 19.3. The number of unbranched alkanes of at least 4 members (excludes halogenated alkanes) is 1. The third kappa shape index (κ3) is 4.27. The van der Waals surface area contributed by atoms with Crippen LogP contribution < -0.4 is 22.3 Å². The second kappa shape index (κ2) is 8.04. The van der Waals surface area contributed by atoms with Crippen LogP contribution >= 0.6 is 0 Å². The molecule has 2 heterocycles. The molecule has 2 aromatic heterocycles. The number of aromatic nitrogens is 3. The van der Waals surface area contributed by atoms with Crippen molar-refractivity contribution in [2.75, 3.05) is 13.1 Å². The van der Waals surface area contributed by atoms with Crippen LogP contribution in [0.2, 0.25) is 0 Å². The Morgan fingerprint density at radius 1 is 1.37 bits per heavy atom. The fourth-order valence-electron chi connectivity index (χ4n) is 3.16. The minimum Gasteiger partial charge on any atom is -0.352 e. The van der Waals surface area contributed by atoms with Gasteiger partial charge in [-0.25, -0.2) is 9.78 Å². The molecular weight excluding hydrogens is 346 g/mol. The summed E-state index contributed by atoms with van der Waals surface area (Å²) in [6.45, 7) is 5.45. The largest absolute Gasteiger partial charge is 0.352 e. The van der Waals surface area contributed by atoms with Crippen LogP contribution in [0.1, 0.15) is 61.5 Å².